The van der Waals surface area contributed by atoms with Crippen molar-refractivity contribution in [1.29, 1.82) is 0 Å². The summed E-state index contributed by atoms with van der Waals surface area (Å²) >= 11 is 0. The number of anilines is 1. The van der Waals surface area contributed by atoms with Crippen LogP contribution in [0.5, 0.6) is 0 Å². The molecule has 0 spiro atoms. The van der Waals surface area contributed by atoms with Crippen molar-refractivity contribution in [3.05, 3.63) is 23.8 Å². The van der Waals surface area contributed by atoms with E-state index in [1.807, 2.05) is 0 Å². The van der Waals surface area contributed by atoms with Gasteiger partial charge in [0.05, 0.1) is 10.5 Å². The number of sulfonamides is 1. The molecular formula is C19H31ClN4O3S. The number of hydrogen-bond donors (Lipinski definition) is 2. The van der Waals surface area contributed by atoms with Crippen molar-refractivity contribution in [2.45, 2.75) is 49.6 Å². The molecule has 2 heterocycles. The third-order valence-corrected chi connectivity index (χ3v) is 7.33. The molecule has 9 heteroatoms. The van der Waals surface area contributed by atoms with E-state index in [9.17, 15) is 13.2 Å². The van der Waals surface area contributed by atoms with Gasteiger partial charge in [0, 0.05) is 45.0 Å². The quantitative estimate of drug-likeness (QED) is 0.744. The number of hydrogen-bond acceptors (Lipinski definition) is 5. The zero-order valence-electron chi connectivity index (χ0n) is 16.8. The van der Waals surface area contributed by atoms with Gasteiger partial charge in [0.25, 0.3) is 5.91 Å². The van der Waals surface area contributed by atoms with Gasteiger partial charge in [-0.2, -0.15) is 0 Å². The van der Waals surface area contributed by atoms with Crippen LogP contribution in [-0.2, 0) is 10.0 Å². The molecule has 0 bridgehead atoms. The predicted molar refractivity (Wildman–Crippen MR) is 114 cm³/mol. The number of amides is 1. The Bertz CT molecular complexity index is 794. The Kier molecular flexibility index (Phi) is 7.73. The molecule has 7 nitrogen and oxygen atoms in total. The second-order valence-corrected chi connectivity index (χ2v) is 9.78. The number of benzene rings is 1. The first-order valence-electron chi connectivity index (χ1n) is 9.66. The van der Waals surface area contributed by atoms with Gasteiger partial charge in [-0.05, 0) is 57.4 Å². The van der Waals surface area contributed by atoms with E-state index in [-0.39, 0.29) is 35.3 Å². The lowest BCUT2D eigenvalue weighted by atomic mass is 9.99. The van der Waals surface area contributed by atoms with Crippen LogP contribution in [0.3, 0.4) is 0 Å². The maximum atomic E-state index is 13.1. The summed E-state index contributed by atoms with van der Waals surface area (Å²) in [5.41, 5.74) is 1.26. The Balaban J connectivity index is 0.00000280. The molecule has 0 aromatic heterocycles. The second-order valence-electron chi connectivity index (χ2n) is 7.63. The van der Waals surface area contributed by atoms with E-state index in [0.717, 1.165) is 51.0 Å². The van der Waals surface area contributed by atoms with E-state index < -0.39 is 10.0 Å². The molecule has 0 saturated carbocycles. The number of carbonyl (C=O) groups excluding carboxylic acids is 1. The lowest BCUT2D eigenvalue weighted by Crippen LogP contribution is -2.52. The number of nitrogens with one attached hydrogen (secondary N) is 2. The first-order valence-corrected chi connectivity index (χ1v) is 11.1. The molecule has 1 aromatic carbocycles. The molecule has 158 valence electrons. The van der Waals surface area contributed by atoms with Crippen molar-refractivity contribution in [2.24, 2.45) is 0 Å². The minimum absolute atomic E-state index is 0. The van der Waals surface area contributed by atoms with Crippen molar-refractivity contribution < 1.29 is 13.2 Å². The minimum Gasteiger partial charge on any atom is -0.371 e. The predicted octanol–water partition coefficient (Wildman–Crippen LogP) is 1.83. The second kappa shape index (κ2) is 9.43. The minimum atomic E-state index is -3.59. The van der Waals surface area contributed by atoms with Crippen LogP contribution in [0.2, 0.25) is 0 Å². The molecule has 28 heavy (non-hydrogen) atoms. The van der Waals surface area contributed by atoms with Crippen molar-refractivity contribution in [2.75, 3.05) is 38.6 Å². The molecular weight excluding hydrogens is 400 g/mol. The standard InChI is InChI=1S/C19H30N4O3S.ClH/c1-14-17(7-6-10-20-14)21-19(24)16-13-15(27(25,26)22(2)3)8-9-18(16)23-11-4-5-12-23;/h8-9,13-14,17,20H,4-7,10-12H2,1-3H3,(H,21,24);1H. The van der Waals surface area contributed by atoms with Crippen LogP contribution in [0.1, 0.15) is 43.0 Å². The Labute approximate surface area is 174 Å². The van der Waals surface area contributed by atoms with E-state index in [1.165, 1.54) is 24.5 Å². The van der Waals surface area contributed by atoms with Crippen molar-refractivity contribution in [3.63, 3.8) is 0 Å². The topological polar surface area (TPSA) is 81.7 Å². The van der Waals surface area contributed by atoms with E-state index in [0.29, 0.717) is 5.56 Å². The van der Waals surface area contributed by atoms with E-state index in [2.05, 4.69) is 22.5 Å². The third-order valence-electron chi connectivity index (χ3n) is 5.52. The van der Waals surface area contributed by atoms with E-state index in [4.69, 9.17) is 0 Å². The average molecular weight is 431 g/mol. The molecule has 2 aliphatic heterocycles. The van der Waals surface area contributed by atoms with Gasteiger partial charge in [-0.1, -0.05) is 0 Å². The van der Waals surface area contributed by atoms with Gasteiger partial charge in [0.15, 0.2) is 0 Å². The molecule has 2 atom stereocenters. The van der Waals surface area contributed by atoms with Gasteiger partial charge >= 0.3 is 0 Å². The van der Waals surface area contributed by atoms with Crippen LogP contribution in [0, 0.1) is 0 Å². The first kappa shape index (κ1) is 22.9. The highest BCUT2D eigenvalue weighted by Gasteiger charge is 2.27. The molecule has 2 fully saturated rings. The molecule has 2 saturated heterocycles. The highest BCUT2D eigenvalue weighted by molar-refractivity contribution is 7.89. The lowest BCUT2D eigenvalue weighted by Gasteiger charge is -2.31. The van der Waals surface area contributed by atoms with Crippen molar-refractivity contribution in [1.82, 2.24) is 14.9 Å². The van der Waals surface area contributed by atoms with Gasteiger partial charge in [-0.25, -0.2) is 12.7 Å². The molecule has 1 amide bonds. The summed E-state index contributed by atoms with van der Waals surface area (Å²) in [6, 6.07) is 5.15. The van der Waals surface area contributed by atoms with Crippen LogP contribution in [0.15, 0.2) is 23.1 Å². The molecule has 2 aliphatic rings. The summed E-state index contributed by atoms with van der Waals surface area (Å²) in [6.07, 6.45) is 4.11. The smallest absolute Gasteiger partial charge is 0.253 e. The summed E-state index contributed by atoms with van der Waals surface area (Å²) in [7, 11) is -0.597. The third kappa shape index (κ3) is 4.79. The van der Waals surface area contributed by atoms with Crippen molar-refractivity contribution in [3.8, 4) is 0 Å². The van der Waals surface area contributed by atoms with Gasteiger partial charge < -0.3 is 15.5 Å². The fraction of sp³-hybridized carbons (Fsp3) is 0.632. The van der Waals surface area contributed by atoms with Crippen LogP contribution < -0.4 is 15.5 Å². The maximum Gasteiger partial charge on any atom is 0.253 e. The van der Waals surface area contributed by atoms with Gasteiger partial charge in [0.2, 0.25) is 10.0 Å². The number of nitrogens with zero attached hydrogens (tertiary/aromatic N) is 2. The van der Waals surface area contributed by atoms with E-state index >= 15 is 0 Å². The lowest BCUT2D eigenvalue weighted by molar-refractivity contribution is 0.0920. The van der Waals surface area contributed by atoms with Gasteiger partial charge in [0.1, 0.15) is 0 Å². The summed E-state index contributed by atoms with van der Waals surface area (Å²) in [5.74, 6) is -0.201. The molecule has 0 aliphatic carbocycles. The summed E-state index contributed by atoms with van der Waals surface area (Å²) < 4.78 is 26.3. The number of halogens is 1. The fourth-order valence-electron chi connectivity index (χ4n) is 3.79. The first-order chi connectivity index (χ1) is 12.8. The fourth-order valence-corrected chi connectivity index (χ4v) is 4.72. The SMILES string of the molecule is CC1NCCCC1NC(=O)c1cc(S(=O)(=O)N(C)C)ccc1N1CCCC1.Cl. The summed E-state index contributed by atoms with van der Waals surface area (Å²) in [4.78, 5) is 15.4. The molecule has 3 rings (SSSR count). The summed E-state index contributed by atoms with van der Waals surface area (Å²) in [5, 5.41) is 6.50. The van der Waals surface area contributed by atoms with Crippen LogP contribution in [-0.4, -0.2) is 64.4 Å². The van der Waals surface area contributed by atoms with Gasteiger partial charge in [-0.15, -0.1) is 12.4 Å². The molecule has 2 unspecified atom stereocenters. The average Bonchev–Trinajstić information content (AvgIpc) is 3.17. The highest BCUT2D eigenvalue weighted by Crippen LogP contribution is 2.28. The zero-order chi connectivity index (χ0) is 19.6. The van der Waals surface area contributed by atoms with Crippen LogP contribution in [0.25, 0.3) is 0 Å². The number of piperidine rings is 1. The van der Waals surface area contributed by atoms with Crippen molar-refractivity contribution >= 4 is 34.0 Å². The normalized spacial score (nSPS) is 22.8. The Morgan fingerprint density at radius 2 is 1.89 bits per heavy atom. The number of carbonyl (C=O) groups is 1. The highest BCUT2D eigenvalue weighted by atomic mass is 35.5. The summed E-state index contributed by atoms with van der Waals surface area (Å²) in [6.45, 7) is 4.81. The maximum absolute atomic E-state index is 13.1. The Morgan fingerprint density at radius 1 is 1.21 bits per heavy atom. The number of rotatable bonds is 5. The van der Waals surface area contributed by atoms with Crippen LogP contribution >= 0.6 is 12.4 Å². The Hall–Kier alpha value is -1.35. The van der Waals surface area contributed by atoms with E-state index in [1.54, 1.807) is 12.1 Å². The molecule has 2 N–H and O–H groups in total. The molecule has 1 aromatic rings. The zero-order valence-corrected chi connectivity index (χ0v) is 18.4. The monoisotopic (exact) mass is 430 g/mol. The Morgan fingerprint density at radius 3 is 2.50 bits per heavy atom. The van der Waals surface area contributed by atoms with Crippen LogP contribution in [0.4, 0.5) is 5.69 Å². The molecule has 0 radical (unpaired) electrons. The largest absolute Gasteiger partial charge is 0.371 e. The van der Waals surface area contributed by atoms with Gasteiger partial charge in [-0.3, -0.25) is 4.79 Å².